The van der Waals surface area contributed by atoms with E-state index >= 15 is 0 Å². The molecule has 0 spiro atoms. The van der Waals surface area contributed by atoms with Crippen molar-refractivity contribution in [2.24, 2.45) is 0 Å². The number of anilines is 1. The molecule has 92 valence electrons. The van der Waals surface area contributed by atoms with Crippen LogP contribution in [0, 0.1) is 0 Å². The van der Waals surface area contributed by atoms with Gasteiger partial charge in [-0.15, -0.1) is 0 Å². The van der Waals surface area contributed by atoms with Gasteiger partial charge in [0.15, 0.2) is 0 Å². The van der Waals surface area contributed by atoms with Gasteiger partial charge in [-0.25, -0.2) is 9.55 Å². The third-order valence-electron chi connectivity index (χ3n) is 3.44. The zero-order chi connectivity index (χ0) is 12.3. The van der Waals surface area contributed by atoms with Crippen LogP contribution in [-0.2, 0) is 6.54 Å². The van der Waals surface area contributed by atoms with Crippen molar-refractivity contribution in [1.82, 2.24) is 4.98 Å². The highest BCUT2D eigenvalue weighted by Gasteiger charge is 2.14. The SMILES string of the molecule is CC[NH+](CC)CC[n+]1c(N)[nH]c2ccccc21. The Labute approximate surface area is 102 Å². The van der Waals surface area contributed by atoms with E-state index in [0.717, 1.165) is 24.6 Å². The molecule has 0 radical (unpaired) electrons. The number of quaternary nitrogens is 1. The molecule has 0 bridgehead atoms. The first kappa shape index (κ1) is 11.9. The van der Waals surface area contributed by atoms with Crippen molar-refractivity contribution in [3.63, 3.8) is 0 Å². The van der Waals surface area contributed by atoms with Crippen molar-refractivity contribution in [2.75, 3.05) is 25.4 Å². The average molecular weight is 234 g/mol. The van der Waals surface area contributed by atoms with E-state index in [0.29, 0.717) is 0 Å². The van der Waals surface area contributed by atoms with Crippen molar-refractivity contribution < 1.29 is 9.47 Å². The number of hydrogen-bond donors (Lipinski definition) is 3. The van der Waals surface area contributed by atoms with Gasteiger partial charge >= 0.3 is 5.95 Å². The Kier molecular flexibility index (Phi) is 3.64. The Bertz CT molecular complexity index is 485. The summed E-state index contributed by atoms with van der Waals surface area (Å²) >= 11 is 0. The molecule has 0 aliphatic carbocycles. The fraction of sp³-hybridized carbons (Fsp3) is 0.462. The number of nitrogens with one attached hydrogen (secondary N) is 2. The number of aromatic nitrogens is 2. The smallest absolute Gasteiger partial charge is 0.333 e. The van der Waals surface area contributed by atoms with Gasteiger partial charge in [-0.1, -0.05) is 12.1 Å². The number of H-pyrrole nitrogens is 1. The maximum atomic E-state index is 6.02. The summed E-state index contributed by atoms with van der Waals surface area (Å²) < 4.78 is 2.17. The van der Waals surface area contributed by atoms with Gasteiger partial charge in [0.05, 0.1) is 13.1 Å². The first-order valence-electron chi connectivity index (χ1n) is 6.35. The van der Waals surface area contributed by atoms with E-state index in [1.54, 1.807) is 4.90 Å². The van der Waals surface area contributed by atoms with Crippen LogP contribution in [0.5, 0.6) is 0 Å². The molecule has 0 aliphatic rings. The highest BCUT2D eigenvalue weighted by Crippen LogP contribution is 2.08. The number of aromatic amines is 1. The van der Waals surface area contributed by atoms with E-state index in [9.17, 15) is 0 Å². The van der Waals surface area contributed by atoms with E-state index in [4.69, 9.17) is 5.73 Å². The second kappa shape index (κ2) is 5.19. The lowest BCUT2D eigenvalue weighted by atomic mass is 10.3. The standard InChI is InChI=1S/C13H20N4/c1-3-16(4-2)9-10-17-12-8-6-5-7-11(12)15-13(17)14/h5-8H,3-4,9-10H2,1-2H3,(H2,14,15)/p+2. The van der Waals surface area contributed by atoms with Crippen molar-refractivity contribution >= 4 is 17.0 Å². The largest absolute Gasteiger partial charge is 0.353 e. The molecule has 0 atom stereocenters. The third-order valence-corrected chi connectivity index (χ3v) is 3.44. The van der Waals surface area contributed by atoms with Gasteiger partial charge in [0.1, 0.15) is 24.1 Å². The molecule has 17 heavy (non-hydrogen) atoms. The number of nitrogens with two attached hydrogens (primary N) is 1. The summed E-state index contributed by atoms with van der Waals surface area (Å²) in [6, 6.07) is 8.25. The van der Waals surface area contributed by atoms with Crippen LogP contribution >= 0.6 is 0 Å². The zero-order valence-electron chi connectivity index (χ0n) is 10.7. The van der Waals surface area contributed by atoms with Crippen LogP contribution in [0.1, 0.15) is 13.8 Å². The second-order valence-electron chi connectivity index (χ2n) is 4.39. The van der Waals surface area contributed by atoms with Crippen molar-refractivity contribution in [3.8, 4) is 0 Å². The van der Waals surface area contributed by atoms with E-state index in [1.165, 1.54) is 18.6 Å². The number of para-hydroxylation sites is 2. The highest BCUT2D eigenvalue weighted by atomic mass is 15.2. The predicted molar refractivity (Wildman–Crippen MR) is 69.8 cm³/mol. The average Bonchev–Trinajstić information content (AvgIpc) is 2.67. The first-order chi connectivity index (χ1) is 8.26. The number of fused-ring (bicyclic) bond motifs is 1. The second-order valence-corrected chi connectivity index (χ2v) is 4.39. The Morgan fingerprint density at radius 3 is 2.65 bits per heavy atom. The molecule has 0 amide bonds. The molecule has 4 nitrogen and oxygen atoms in total. The van der Waals surface area contributed by atoms with Gasteiger partial charge in [0.25, 0.3) is 0 Å². The summed E-state index contributed by atoms with van der Waals surface area (Å²) in [6.07, 6.45) is 0. The molecule has 1 aromatic carbocycles. The molecular formula is C13H22N4+2. The molecule has 0 fully saturated rings. The molecule has 0 saturated heterocycles. The third kappa shape index (κ3) is 2.42. The summed E-state index contributed by atoms with van der Waals surface area (Å²) in [7, 11) is 0. The minimum atomic E-state index is 0.748. The van der Waals surface area contributed by atoms with Gasteiger partial charge in [0, 0.05) is 0 Å². The molecule has 1 heterocycles. The van der Waals surface area contributed by atoms with Crippen LogP contribution in [0.15, 0.2) is 24.3 Å². The normalized spacial score (nSPS) is 11.5. The van der Waals surface area contributed by atoms with Crippen molar-refractivity contribution in [3.05, 3.63) is 24.3 Å². The number of rotatable bonds is 5. The summed E-state index contributed by atoms with van der Waals surface area (Å²) in [4.78, 5) is 4.82. The number of nitrogens with zero attached hydrogens (tertiary/aromatic N) is 1. The van der Waals surface area contributed by atoms with Crippen LogP contribution in [0.4, 0.5) is 5.95 Å². The monoisotopic (exact) mass is 234 g/mol. The van der Waals surface area contributed by atoms with Crippen LogP contribution < -0.4 is 15.2 Å². The van der Waals surface area contributed by atoms with Crippen molar-refractivity contribution in [2.45, 2.75) is 20.4 Å². The lowest BCUT2D eigenvalue weighted by Crippen LogP contribution is -3.12. The Hall–Kier alpha value is -1.55. The minimum absolute atomic E-state index is 0.748. The Morgan fingerprint density at radius 2 is 1.94 bits per heavy atom. The van der Waals surface area contributed by atoms with Crippen LogP contribution in [-0.4, -0.2) is 24.6 Å². The fourth-order valence-corrected chi connectivity index (χ4v) is 2.26. The minimum Gasteiger partial charge on any atom is -0.333 e. The van der Waals surface area contributed by atoms with Gasteiger partial charge in [-0.2, -0.15) is 0 Å². The van der Waals surface area contributed by atoms with Gasteiger partial charge in [0.2, 0.25) is 0 Å². The molecule has 0 aliphatic heterocycles. The van der Waals surface area contributed by atoms with Crippen molar-refractivity contribution in [1.29, 1.82) is 0 Å². The molecule has 2 rings (SSSR count). The summed E-state index contributed by atoms with van der Waals surface area (Å²) in [5, 5.41) is 0. The maximum absolute atomic E-state index is 6.02. The molecule has 4 heteroatoms. The van der Waals surface area contributed by atoms with Gasteiger partial charge in [-0.3, -0.25) is 5.73 Å². The maximum Gasteiger partial charge on any atom is 0.353 e. The Balaban J connectivity index is 2.20. The predicted octanol–water partition coefficient (Wildman–Crippen LogP) is -0.0377. The summed E-state index contributed by atoms with van der Waals surface area (Å²) in [6.45, 7) is 8.86. The van der Waals surface area contributed by atoms with Crippen LogP contribution in [0.2, 0.25) is 0 Å². The van der Waals surface area contributed by atoms with E-state index in [2.05, 4.69) is 41.6 Å². The number of likely N-dealkylation sites (N-methyl/N-ethyl adjacent to an activating group) is 1. The highest BCUT2D eigenvalue weighted by molar-refractivity contribution is 5.72. The first-order valence-corrected chi connectivity index (χ1v) is 6.35. The lowest BCUT2D eigenvalue weighted by Gasteiger charge is -2.14. The topological polar surface area (TPSA) is 50.1 Å². The van der Waals surface area contributed by atoms with Crippen LogP contribution in [0.3, 0.4) is 0 Å². The van der Waals surface area contributed by atoms with E-state index < -0.39 is 0 Å². The number of imidazole rings is 1. The lowest BCUT2D eigenvalue weighted by molar-refractivity contribution is -0.913. The quantitative estimate of drug-likeness (QED) is 0.625. The van der Waals surface area contributed by atoms with Gasteiger partial charge < -0.3 is 4.90 Å². The molecule has 2 aromatic rings. The van der Waals surface area contributed by atoms with E-state index in [-0.39, 0.29) is 0 Å². The van der Waals surface area contributed by atoms with E-state index in [1.807, 2.05) is 6.07 Å². The number of hydrogen-bond acceptors (Lipinski definition) is 1. The molecule has 4 N–H and O–H groups in total. The fourth-order valence-electron chi connectivity index (χ4n) is 2.26. The van der Waals surface area contributed by atoms with Crippen LogP contribution in [0.25, 0.3) is 11.0 Å². The van der Waals surface area contributed by atoms with Gasteiger partial charge in [-0.05, 0) is 26.0 Å². The summed E-state index contributed by atoms with van der Waals surface area (Å²) in [5.74, 6) is 0.748. The molecule has 0 unspecified atom stereocenters. The molecular weight excluding hydrogens is 212 g/mol. The molecule has 0 saturated carbocycles. The zero-order valence-corrected chi connectivity index (χ0v) is 10.7. The number of nitrogen functional groups attached to an aromatic ring is 1. The Morgan fingerprint density at radius 1 is 1.24 bits per heavy atom. The molecule has 1 aromatic heterocycles. The summed E-state index contributed by atoms with van der Waals surface area (Å²) in [5.41, 5.74) is 8.32. The number of benzene rings is 1.